The highest BCUT2D eigenvalue weighted by molar-refractivity contribution is 7.92. The molecule has 1 aromatic carbocycles. The van der Waals surface area contributed by atoms with Crippen molar-refractivity contribution in [2.45, 2.75) is 41.4 Å². The number of benzene rings is 1. The molecule has 3 rings (SSSR count). The first-order valence-electron chi connectivity index (χ1n) is 8.81. The van der Waals surface area contributed by atoms with Crippen molar-refractivity contribution in [1.82, 2.24) is 0 Å². The predicted octanol–water partition coefficient (Wildman–Crippen LogP) is 4.78. The molecule has 0 amide bonds. The summed E-state index contributed by atoms with van der Waals surface area (Å²) in [6.07, 6.45) is -9.54. The van der Waals surface area contributed by atoms with Crippen molar-refractivity contribution in [1.29, 1.82) is 0 Å². The molecule has 0 spiro atoms. The molecule has 12 heteroatoms. The minimum absolute atomic E-state index is 0.0149. The van der Waals surface area contributed by atoms with Gasteiger partial charge >= 0.3 is 12.4 Å². The monoisotopic (exact) mass is 475 g/mol. The Hall–Kier alpha value is -1.59. The Bertz CT molecular complexity index is 971. The number of halogens is 7. The van der Waals surface area contributed by atoms with E-state index in [-0.39, 0.29) is 30.2 Å². The zero-order chi connectivity index (χ0) is 22.3. The molecule has 0 bridgehead atoms. The SMILES string of the molecule is O=S(=O)(c1cccc(C(F)(F)F)c1)C1CCOC(C2=NCC(C(F)(F)F)C=C2Cl)C1. The Morgan fingerprint density at radius 3 is 2.43 bits per heavy atom. The molecule has 30 heavy (non-hydrogen) atoms. The molecule has 166 valence electrons. The van der Waals surface area contributed by atoms with Crippen LogP contribution >= 0.6 is 11.6 Å². The lowest BCUT2D eigenvalue weighted by Crippen LogP contribution is -2.40. The predicted molar refractivity (Wildman–Crippen MR) is 97.2 cm³/mol. The molecule has 1 aromatic rings. The summed E-state index contributed by atoms with van der Waals surface area (Å²) in [6.45, 7) is -0.653. The van der Waals surface area contributed by atoms with Crippen molar-refractivity contribution in [2.75, 3.05) is 13.2 Å². The van der Waals surface area contributed by atoms with Gasteiger partial charge in [-0.15, -0.1) is 0 Å². The lowest BCUT2D eigenvalue weighted by atomic mass is 9.98. The Balaban J connectivity index is 1.81. The number of nitrogens with zero attached hydrogens (tertiary/aromatic N) is 1. The smallest absolute Gasteiger partial charge is 0.372 e. The van der Waals surface area contributed by atoms with Crippen LogP contribution in [0.15, 0.2) is 45.3 Å². The summed E-state index contributed by atoms with van der Waals surface area (Å²) >= 11 is 5.94. The maximum atomic E-state index is 12.9. The molecule has 2 aliphatic heterocycles. The van der Waals surface area contributed by atoms with Gasteiger partial charge in [0.05, 0.1) is 38.9 Å². The van der Waals surface area contributed by atoms with E-state index in [9.17, 15) is 34.8 Å². The third-order valence-electron chi connectivity index (χ3n) is 4.94. The van der Waals surface area contributed by atoms with E-state index >= 15 is 0 Å². The van der Waals surface area contributed by atoms with Crippen LogP contribution in [0.2, 0.25) is 0 Å². The first kappa shape index (κ1) is 23.1. The van der Waals surface area contributed by atoms with E-state index in [0.29, 0.717) is 6.07 Å². The van der Waals surface area contributed by atoms with Crippen molar-refractivity contribution < 1.29 is 39.5 Å². The summed E-state index contributed by atoms with van der Waals surface area (Å²) in [5.74, 6) is -1.85. The number of sulfone groups is 1. The first-order valence-corrected chi connectivity index (χ1v) is 10.7. The van der Waals surface area contributed by atoms with Gasteiger partial charge in [-0.1, -0.05) is 17.7 Å². The Labute approximate surface area is 173 Å². The summed E-state index contributed by atoms with van der Waals surface area (Å²) in [7, 11) is -4.15. The highest BCUT2D eigenvalue weighted by atomic mass is 35.5. The van der Waals surface area contributed by atoms with E-state index in [1.54, 1.807) is 0 Å². The Kier molecular flexibility index (Phi) is 6.28. The fraction of sp³-hybridized carbons (Fsp3) is 0.500. The molecule has 0 saturated carbocycles. The van der Waals surface area contributed by atoms with Crippen LogP contribution in [0.5, 0.6) is 0 Å². The second-order valence-corrected chi connectivity index (χ2v) is 9.60. The molecule has 2 aliphatic rings. The number of rotatable bonds is 3. The molecular formula is C18H16ClF6NO3S. The molecule has 0 aromatic heterocycles. The summed E-state index contributed by atoms with van der Waals surface area (Å²) in [6, 6.07) is 3.42. The molecule has 1 saturated heterocycles. The van der Waals surface area contributed by atoms with Gasteiger partial charge in [-0.05, 0) is 37.1 Å². The van der Waals surface area contributed by atoms with Gasteiger partial charge in [-0.3, -0.25) is 4.99 Å². The minimum atomic E-state index is -4.70. The maximum Gasteiger partial charge on any atom is 0.416 e. The number of aliphatic imine (C=N–C) groups is 1. The molecule has 4 nitrogen and oxygen atoms in total. The molecule has 2 heterocycles. The largest absolute Gasteiger partial charge is 0.416 e. The van der Waals surface area contributed by atoms with Crippen LogP contribution in [0.3, 0.4) is 0 Å². The molecule has 0 N–H and O–H groups in total. The quantitative estimate of drug-likeness (QED) is 0.591. The number of alkyl halides is 6. The van der Waals surface area contributed by atoms with Gasteiger partial charge in [0, 0.05) is 6.61 Å². The second-order valence-electron chi connectivity index (χ2n) is 6.97. The second kappa shape index (κ2) is 8.16. The highest BCUT2D eigenvalue weighted by Gasteiger charge is 2.42. The zero-order valence-corrected chi connectivity index (χ0v) is 16.7. The van der Waals surface area contributed by atoms with Gasteiger partial charge in [-0.2, -0.15) is 26.3 Å². The lowest BCUT2D eigenvalue weighted by molar-refractivity contribution is -0.158. The van der Waals surface area contributed by atoms with Crippen molar-refractivity contribution in [3.63, 3.8) is 0 Å². The van der Waals surface area contributed by atoms with E-state index in [0.717, 1.165) is 24.3 Å². The fourth-order valence-electron chi connectivity index (χ4n) is 3.32. The molecule has 1 fully saturated rings. The topological polar surface area (TPSA) is 55.7 Å². The first-order chi connectivity index (χ1) is 13.8. The van der Waals surface area contributed by atoms with E-state index < -0.39 is 56.5 Å². The van der Waals surface area contributed by atoms with Crippen molar-refractivity contribution >= 4 is 27.1 Å². The van der Waals surface area contributed by atoms with Crippen LogP contribution in [0.4, 0.5) is 26.3 Å². The molecule has 0 aliphatic carbocycles. The minimum Gasteiger partial charge on any atom is -0.372 e. The van der Waals surface area contributed by atoms with E-state index in [1.807, 2.05) is 0 Å². The Morgan fingerprint density at radius 1 is 1.13 bits per heavy atom. The molecular weight excluding hydrogens is 460 g/mol. The number of hydrogen-bond donors (Lipinski definition) is 0. The van der Waals surface area contributed by atoms with Gasteiger partial charge in [0.15, 0.2) is 9.84 Å². The number of ether oxygens (including phenoxy) is 1. The van der Waals surface area contributed by atoms with Crippen LogP contribution in [0.1, 0.15) is 18.4 Å². The van der Waals surface area contributed by atoms with E-state index in [1.165, 1.54) is 0 Å². The van der Waals surface area contributed by atoms with Gasteiger partial charge in [-0.25, -0.2) is 8.42 Å². The Morgan fingerprint density at radius 2 is 1.83 bits per heavy atom. The molecule has 3 unspecified atom stereocenters. The number of dihydropyridines is 1. The average Bonchev–Trinajstić information content (AvgIpc) is 2.67. The molecule has 0 radical (unpaired) electrons. The highest BCUT2D eigenvalue weighted by Crippen LogP contribution is 2.36. The van der Waals surface area contributed by atoms with E-state index in [2.05, 4.69) is 4.99 Å². The van der Waals surface area contributed by atoms with Crippen molar-refractivity contribution in [3.8, 4) is 0 Å². The standard InChI is InChI=1S/C18H16ClF6NO3S/c19-14-7-11(18(23,24)25)9-26-16(14)15-8-13(4-5-29-15)30(27,28)12-3-1-2-10(6-12)17(20,21)22/h1-3,6-7,11,13,15H,4-5,8-9H2. The van der Waals surface area contributed by atoms with Crippen LogP contribution in [-0.2, 0) is 20.8 Å². The summed E-state index contributed by atoms with van der Waals surface area (Å²) in [4.78, 5) is 3.37. The van der Waals surface area contributed by atoms with Gasteiger partial charge in [0.1, 0.15) is 6.10 Å². The van der Waals surface area contributed by atoms with Crippen LogP contribution in [0, 0.1) is 5.92 Å². The van der Waals surface area contributed by atoms with Crippen molar-refractivity contribution in [2.24, 2.45) is 10.9 Å². The summed E-state index contributed by atoms with van der Waals surface area (Å²) < 4.78 is 109. The van der Waals surface area contributed by atoms with E-state index in [4.69, 9.17) is 16.3 Å². The van der Waals surface area contributed by atoms with Crippen LogP contribution < -0.4 is 0 Å². The third kappa shape index (κ3) is 4.83. The maximum absolute atomic E-state index is 12.9. The van der Waals surface area contributed by atoms with Crippen molar-refractivity contribution in [3.05, 3.63) is 40.9 Å². The normalized spacial score (nSPS) is 26.2. The molecule has 3 atom stereocenters. The van der Waals surface area contributed by atoms with Gasteiger partial charge in [0.25, 0.3) is 0 Å². The van der Waals surface area contributed by atoms with Crippen LogP contribution in [-0.4, -0.2) is 44.8 Å². The lowest BCUT2D eigenvalue weighted by Gasteiger charge is -2.32. The number of hydrogen-bond acceptors (Lipinski definition) is 4. The van der Waals surface area contributed by atoms with Gasteiger partial charge < -0.3 is 4.74 Å². The summed E-state index contributed by atoms with van der Waals surface area (Å²) in [5, 5.41) is -1.36. The third-order valence-corrected chi connectivity index (χ3v) is 7.48. The van der Waals surface area contributed by atoms with Gasteiger partial charge in [0.2, 0.25) is 0 Å². The zero-order valence-electron chi connectivity index (χ0n) is 15.2. The van der Waals surface area contributed by atoms with Crippen LogP contribution in [0.25, 0.3) is 0 Å². The summed E-state index contributed by atoms with van der Waals surface area (Å²) in [5.41, 5.74) is -1.07. The average molecular weight is 476 g/mol. The fourth-order valence-corrected chi connectivity index (χ4v) is 5.43.